The smallest absolute Gasteiger partial charge is 0.185 e. The summed E-state index contributed by atoms with van der Waals surface area (Å²) in [6.45, 7) is 2.48. The maximum absolute atomic E-state index is 10.6. The molecule has 3 N–H and O–H groups in total. The predicted octanol–water partition coefficient (Wildman–Crippen LogP) is -0.109. The largest absolute Gasteiger partial charge is 0.456 e. The second kappa shape index (κ2) is 3.96. The van der Waals surface area contributed by atoms with Crippen LogP contribution in [0.3, 0.4) is 0 Å². The van der Waals surface area contributed by atoms with Crippen molar-refractivity contribution in [1.29, 1.82) is 0 Å². The van der Waals surface area contributed by atoms with Crippen LogP contribution < -0.4 is 5.56 Å². The van der Waals surface area contributed by atoms with Crippen LogP contribution in [0.15, 0.2) is 4.79 Å². The average Bonchev–Trinajstić information content (AvgIpc) is 2.15. The maximum Gasteiger partial charge on any atom is 0.185 e. The van der Waals surface area contributed by atoms with Crippen molar-refractivity contribution in [1.82, 2.24) is 10.2 Å². The fourth-order valence-corrected chi connectivity index (χ4v) is 0.563. The Bertz CT molecular complexity index is 252. The molecular weight excluding hydrogens is 209 g/mol. The van der Waals surface area contributed by atoms with E-state index in [1.807, 2.05) is 0 Å². The molecule has 0 bridgehead atoms. The minimum Gasteiger partial charge on any atom is -0.456 e. The molecule has 0 amide bonds. The summed E-state index contributed by atoms with van der Waals surface area (Å²) >= 11 is 0. The summed E-state index contributed by atoms with van der Waals surface area (Å²) in [5.41, 5.74) is 0.729. The van der Waals surface area contributed by atoms with E-state index in [-0.39, 0.29) is 38.3 Å². The molecule has 4 nitrogen and oxygen atoms in total. The van der Waals surface area contributed by atoms with E-state index < -0.39 is 0 Å². The van der Waals surface area contributed by atoms with Gasteiger partial charge in [0, 0.05) is 32.7 Å². The summed E-state index contributed by atoms with van der Waals surface area (Å²) in [5.74, 6) is 0. The SMILES string of the molecule is Cc1c([CH-]O)[nH][nH]c1=O.[Y]. The Morgan fingerprint density at radius 1 is 1.50 bits per heavy atom. The van der Waals surface area contributed by atoms with Gasteiger partial charge in [0.1, 0.15) is 0 Å². The van der Waals surface area contributed by atoms with Gasteiger partial charge in [0.25, 0.3) is 0 Å². The van der Waals surface area contributed by atoms with Crippen molar-refractivity contribution in [2.24, 2.45) is 0 Å². The van der Waals surface area contributed by atoms with Crippen LogP contribution in [0.25, 0.3) is 0 Å². The molecule has 0 aliphatic rings. The average molecular weight is 216 g/mol. The molecule has 1 aromatic heterocycles. The molecule has 1 aromatic rings. The van der Waals surface area contributed by atoms with E-state index in [9.17, 15) is 4.79 Å². The standard InChI is InChI=1S/C5H7N2O2.Y/c1-3-4(2-8)6-7-5(3)9;/h2,8H,1H3,(H2,6,7,9);/q-1;. The predicted molar refractivity (Wildman–Crippen MR) is 31.5 cm³/mol. The molecule has 0 atom stereocenters. The third-order valence-electron chi connectivity index (χ3n) is 1.18. The fourth-order valence-electron chi connectivity index (χ4n) is 0.563. The number of hydrogen-bond acceptors (Lipinski definition) is 2. The number of H-pyrrole nitrogens is 2. The van der Waals surface area contributed by atoms with Gasteiger partial charge in [-0.1, -0.05) is 12.3 Å². The van der Waals surface area contributed by atoms with Gasteiger partial charge in [-0.15, -0.1) is 12.5 Å². The van der Waals surface area contributed by atoms with E-state index in [2.05, 4.69) is 10.2 Å². The number of aromatic nitrogens is 2. The zero-order valence-corrected chi connectivity index (χ0v) is 8.35. The second-order valence-electron chi connectivity index (χ2n) is 1.75. The third kappa shape index (κ3) is 1.72. The first-order valence-corrected chi connectivity index (χ1v) is 2.50. The van der Waals surface area contributed by atoms with Gasteiger partial charge in [-0.05, 0) is 0 Å². The summed E-state index contributed by atoms with van der Waals surface area (Å²) in [7, 11) is 0. The minimum atomic E-state index is -0.199. The van der Waals surface area contributed by atoms with Crippen molar-refractivity contribution in [3.05, 3.63) is 28.2 Å². The summed E-state index contributed by atoms with van der Waals surface area (Å²) < 4.78 is 0. The van der Waals surface area contributed by atoms with Gasteiger partial charge >= 0.3 is 0 Å². The normalized spacial score (nSPS) is 8.60. The van der Waals surface area contributed by atoms with Crippen LogP contribution in [-0.4, -0.2) is 15.3 Å². The van der Waals surface area contributed by atoms with E-state index >= 15 is 0 Å². The Balaban J connectivity index is 0.000000810. The first-order chi connectivity index (χ1) is 4.25. The molecule has 0 saturated heterocycles. The third-order valence-corrected chi connectivity index (χ3v) is 1.18. The van der Waals surface area contributed by atoms with Crippen LogP contribution in [0.4, 0.5) is 0 Å². The molecule has 0 aliphatic heterocycles. The molecule has 0 saturated carbocycles. The molecule has 1 heterocycles. The molecule has 0 aromatic carbocycles. The van der Waals surface area contributed by atoms with Gasteiger partial charge in [-0.2, -0.15) is 0 Å². The van der Waals surface area contributed by atoms with Gasteiger partial charge in [0.05, 0.1) is 0 Å². The van der Waals surface area contributed by atoms with Gasteiger partial charge < -0.3 is 10.2 Å². The Morgan fingerprint density at radius 3 is 2.30 bits per heavy atom. The Morgan fingerprint density at radius 2 is 2.10 bits per heavy atom. The molecule has 0 spiro atoms. The molecule has 1 radical (unpaired) electrons. The van der Waals surface area contributed by atoms with Crippen LogP contribution in [-0.2, 0) is 32.7 Å². The summed E-state index contributed by atoms with van der Waals surface area (Å²) in [5, 5.41) is 13.2. The van der Waals surface area contributed by atoms with E-state index in [1.165, 1.54) is 0 Å². The van der Waals surface area contributed by atoms with Gasteiger partial charge in [-0.3, -0.25) is 9.89 Å². The van der Waals surface area contributed by atoms with Crippen LogP contribution in [0.5, 0.6) is 0 Å². The van der Waals surface area contributed by atoms with Gasteiger partial charge in [0.15, 0.2) is 5.56 Å². The number of rotatable bonds is 1. The number of aromatic amines is 2. The first-order valence-electron chi connectivity index (χ1n) is 2.50. The molecule has 0 fully saturated rings. The van der Waals surface area contributed by atoms with Crippen molar-refractivity contribution in [2.75, 3.05) is 0 Å². The number of hydrogen-bond donors (Lipinski definition) is 3. The topological polar surface area (TPSA) is 68.9 Å². The molecule has 53 valence electrons. The molecule has 0 unspecified atom stereocenters. The van der Waals surface area contributed by atoms with Crippen molar-refractivity contribution in [3.63, 3.8) is 0 Å². The van der Waals surface area contributed by atoms with E-state index in [0.717, 1.165) is 6.61 Å². The van der Waals surface area contributed by atoms with Crippen molar-refractivity contribution in [3.8, 4) is 0 Å². The Hall–Kier alpha value is -0.0561. The zero-order chi connectivity index (χ0) is 6.85. The number of aliphatic hydroxyl groups is 1. The Kier molecular flexibility index (Phi) is 3.93. The first kappa shape index (κ1) is 9.94. The summed E-state index contributed by atoms with van der Waals surface area (Å²) in [6.07, 6.45) is 0. The van der Waals surface area contributed by atoms with Crippen molar-refractivity contribution in [2.45, 2.75) is 6.92 Å². The monoisotopic (exact) mass is 216 g/mol. The van der Waals surface area contributed by atoms with Crippen LogP contribution in [0.1, 0.15) is 11.3 Å². The minimum absolute atomic E-state index is 0. The summed E-state index contributed by atoms with van der Waals surface area (Å²) in [6, 6.07) is 0. The van der Waals surface area contributed by atoms with E-state index in [0.29, 0.717) is 11.3 Å². The quantitative estimate of drug-likeness (QED) is 0.573. The number of nitrogens with one attached hydrogen (secondary N) is 2. The van der Waals surface area contributed by atoms with Crippen molar-refractivity contribution < 1.29 is 37.8 Å². The fraction of sp³-hybridized carbons (Fsp3) is 0.200. The Labute approximate surface area is 82.9 Å². The molecular formula is C5H7N2O2Y-. The second-order valence-corrected chi connectivity index (χ2v) is 1.75. The van der Waals surface area contributed by atoms with Gasteiger partial charge in [-0.25, -0.2) is 0 Å². The zero-order valence-electron chi connectivity index (χ0n) is 5.51. The number of aliphatic hydroxyl groups excluding tert-OH is 1. The van der Waals surface area contributed by atoms with E-state index in [4.69, 9.17) is 5.11 Å². The van der Waals surface area contributed by atoms with Crippen molar-refractivity contribution >= 4 is 0 Å². The van der Waals surface area contributed by atoms with Crippen LogP contribution in [0, 0.1) is 13.5 Å². The van der Waals surface area contributed by atoms with E-state index in [1.54, 1.807) is 6.92 Å². The molecule has 10 heavy (non-hydrogen) atoms. The maximum atomic E-state index is 10.6. The van der Waals surface area contributed by atoms with Crippen LogP contribution >= 0.6 is 0 Å². The molecule has 1 rings (SSSR count). The van der Waals surface area contributed by atoms with Gasteiger partial charge in [0.2, 0.25) is 0 Å². The molecule has 0 aliphatic carbocycles. The van der Waals surface area contributed by atoms with Crippen LogP contribution in [0.2, 0.25) is 0 Å². The molecule has 5 heteroatoms. The summed E-state index contributed by atoms with van der Waals surface area (Å²) in [4.78, 5) is 10.6.